The molecule has 0 aliphatic heterocycles. The summed E-state index contributed by atoms with van der Waals surface area (Å²) in [5, 5.41) is 0. The van der Waals surface area contributed by atoms with E-state index in [2.05, 4.69) is 60.2 Å². The van der Waals surface area contributed by atoms with Gasteiger partial charge in [0.1, 0.15) is 0 Å². The Labute approximate surface area is 209 Å². The molecule has 0 bridgehead atoms. The van der Waals surface area contributed by atoms with E-state index in [4.69, 9.17) is 0 Å². The first kappa shape index (κ1) is 26.6. The van der Waals surface area contributed by atoms with Crippen molar-refractivity contribution in [2.24, 2.45) is 11.8 Å². The van der Waals surface area contributed by atoms with Crippen LogP contribution in [0, 0.1) is 11.8 Å². The second-order valence-corrected chi connectivity index (χ2v) is 10.5. The average Bonchev–Trinajstić information content (AvgIpc) is 2.88. The van der Waals surface area contributed by atoms with Gasteiger partial charge in [-0.3, -0.25) is 0 Å². The van der Waals surface area contributed by atoms with Crippen LogP contribution in [0.1, 0.15) is 115 Å². The summed E-state index contributed by atoms with van der Waals surface area (Å²) in [5.41, 5.74) is 3.77. The predicted octanol–water partition coefficient (Wildman–Crippen LogP) is 9.53. The summed E-state index contributed by atoms with van der Waals surface area (Å²) in [5.74, 6) is 2.66. The van der Waals surface area contributed by atoms with Crippen LogP contribution in [0.4, 0.5) is 0 Å². The zero-order valence-corrected chi connectivity index (χ0v) is 22.0. The SMILES string of the molecule is CCCCCCCc1cnc(-c2ccc(CCC=CC3CCC(CCCCC)CC3)cc2)nc1. The van der Waals surface area contributed by atoms with Gasteiger partial charge in [-0.05, 0) is 74.3 Å². The van der Waals surface area contributed by atoms with Gasteiger partial charge < -0.3 is 0 Å². The Morgan fingerprint density at radius 2 is 1.41 bits per heavy atom. The molecule has 1 aliphatic rings. The fourth-order valence-corrected chi connectivity index (χ4v) is 5.28. The largest absolute Gasteiger partial charge is 0.236 e. The molecule has 1 heterocycles. The fourth-order valence-electron chi connectivity index (χ4n) is 5.28. The summed E-state index contributed by atoms with van der Waals surface area (Å²) < 4.78 is 0. The van der Waals surface area contributed by atoms with Gasteiger partial charge in [0.2, 0.25) is 0 Å². The highest BCUT2D eigenvalue weighted by Crippen LogP contribution is 2.32. The molecule has 1 aromatic carbocycles. The molecular formula is C32H48N2. The summed E-state index contributed by atoms with van der Waals surface area (Å²) in [6.07, 6.45) is 30.2. The lowest BCUT2D eigenvalue weighted by molar-refractivity contribution is 0.289. The van der Waals surface area contributed by atoms with Gasteiger partial charge in [-0.1, -0.05) is 102 Å². The normalized spacial score (nSPS) is 18.5. The molecule has 34 heavy (non-hydrogen) atoms. The van der Waals surface area contributed by atoms with Gasteiger partial charge in [0.25, 0.3) is 0 Å². The highest BCUT2D eigenvalue weighted by molar-refractivity contribution is 5.55. The number of rotatable bonds is 15. The first-order chi connectivity index (χ1) is 16.8. The number of benzene rings is 1. The van der Waals surface area contributed by atoms with Crippen molar-refractivity contribution in [1.82, 2.24) is 9.97 Å². The van der Waals surface area contributed by atoms with Gasteiger partial charge in [0.15, 0.2) is 5.82 Å². The van der Waals surface area contributed by atoms with Crippen LogP contribution in [0.5, 0.6) is 0 Å². The molecule has 2 aromatic rings. The molecule has 1 aromatic heterocycles. The van der Waals surface area contributed by atoms with Crippen molar-refractivity contribution in [3.63, 3.8) is 0 Å². The van der Waals surface area contributed by atoms with E-state index < -0.39 is 0 Å². The molecule has 1 fully saturated rings. The van der Waals surface area contributed by atoms with Crippen molar-refractivity contribution in [1.29, 1.82) is 0 Å². The van der Waals surface area contributed by atoms with Gasteiger partial charge in [-0.25, -0.2) is 9.97 Å². The Morgan fingerprint density at radius 3 is 2.12 bits per heavy atom. The smallest absolute Gasteiger partial charge is 0.159 e. The van der Waals surface area contributed by atoms with Crippen LogP contribution < -0.4 is 0 Å². The van der Waals surface area contributed by atoms with E-state index in [0.29, 0.717) is 0 Å². The lowest BCUT2D eigenvalue weighted by Crippen LogP contribution is -2.13. The summed E-state index contributed by atoms with van der Waals surface area (Å²) in [6.45, 7) is 4.57. The number of allylic oxidation sites excluding steroid dienone is 2. The topological polar surface area (TPSA) is 25.8 Å². The van der Waals surface area contributed by atoms with Crippen LogP contribution in [0.3, 0.4) is 0 Å². The highest BCUT2D eigenvalue weighted by Gasteiger charge is 2.18. The van der Waals surface area contributed by atoms with Crippen molar-refractivity contribution >= 4 is 0 Å². The number of aromatic nitrogens is 2. The summed E-state index contributed by atoms with van der Waals surface area (Å²) in [4.78, 5) is 9.25. The lowest BCUT2D eigenvalue weighted by Gasteiger charge is -2.26. The number of unbranched alkanes of at least 4 members (excludes halogenated alkanes) is 6. The first-order valence-corrected chi connectivity index (χ1v) is 14.3. The van der Waals surface area contributed by atoms with E-state index in [1.165, 1.54) is 94.6 Å². The predicted molar refractivity (Wildman–Crippen MR) is 147 cm³/mol. The molecule has 186 valence electrons. The minimum absolute atomic E-state index is 0.821. The maximum absolute atomic E-state index is 4.62. The van der Waals surface area contributed by atoms with E-state index in [1.807, 2.05) is 12.4 Å². The van der Waals surface area contributed by atoms with Gasteiger partial charge in [-0.15, -0.1) is 0 Å². The molecule has 2 heteroatoms. The van der Waals surface area contributed by atoms with Crippen molar-refractivity contribution in [2.45, 2.75) is 117 Å². The summed E-state index contributed by atoms with van der Waals surface area (Å²) in [6, 6.07) is 8.85. The van der Waals surface area contributed by atoms with E-state index >= 15 is 0 Å². The minimum atomic E-state index is 0.821. The average molecular weight is 461 g/mol. The monoisotopic (exact) mass is 460 g/mol. The molecule has 0 N–H and O–H groups in total. The Balaban J connectivity index is 1.35. The van der Waals surface area contributed by atoms with Crippen molar-refractivity contribution in [3.8, 4) is 11.4 Å². The van der Waals surface area contributed by atoms with Gasteiger partial charge >= 0.3 is 0 Å². The Kier molecular flexibility index (Phi) is 12.4. The number of aryl methyl sites for hydroxylation is 2. The zero-order valence-electron chi connectivity index (χ0n) is 22.0. The molecule has 0 atom stereocenters. The standard InChI is InChI=1S/C32H48N2/c1-3-5-7-8-10-16-30-25-33-32(34-26-30)31-23-21-29(22-24-31)15-12-11-14-28-19-17-27(18-20-28)13-9-6-4-2/h11,14,21-28H,3-10,12-13,15-20H2,1-2H3. The van der Waals surface area contributed by atoms with Crippen LogP contribution in [0.25, 0.3) is 11.4 Å². The second kappa shape index (κ2) is 15.8. The van der Waals surface area contributed by atoms with Gasteiger partial charge in [0.05, 0.1) is 0 Å². The van der Waals surface area contributed by atoms with Crippen LogP contribution in [-0.2, 0) is 12.8 Å². The summed E-state index contributed by atoms with van der Waals surface area (Å²) >= 11 is 0. The molecule has 2 nitrogen and oxygen atoms in total. The number of hydrogen-bond donors (Lipinski definition) is 0. The lowest BCUT2D eigenvalue weighted by atomic mass is 9.79. The van der Waals surface area contributed by atoms with Crippen molar-refractivity contribution in [2.75, 3.05) is 0 Å². The number of hydrogen-bond acceptors (Lipinski definition) is 2. The maximum Gasteiger partial charge on any atom is 0.159 e. The Bertz CT molecular complexity index is 798. The molecule has 0 spiro atoms. The van der Waals surface area contributed by atoms with Crippen LogP contribution in [0.15, 0.2) is 48.8 Å². The number of nitrogens with zero attached hydrogens (tertiary/aromatic N) is 2. The van der Waals surface area contributed by atoms with Crippen molar-refractivity contribution < 1.29 is 0 Å². The second-order valence-electron chi connectivity index (χ2n) is 10.5. The molecular weight excluding hydrogens is 412 g/mol. The molecule has 1 aliphatic carbocycles. The van der Waals surface area contributed by atoms with Crippen molar-refractivity contribution in [3.05, 3.63) is 59.9 Å². The minimum Gasteiger partial charge on any atom is -0.236 e. The van der Waals surface area contributed by atoms with E-state index in [9.17, 15) is 0 Å². The third-order valence-electron chi connectivity index (χ3n) is 7.60. The molecule has 0 unspecified atom stereocenters. The quantitative estimate of drug-likeness (QED) is 0.195. The Morgan fingerprint density at radius 1 is 0.735 bits per heavy atom. The van der Waals surface area contributed by atoms with Crippen LogP contribution in [0.2, 0.25) is 0 Å². The molecule has 1 saturated carbocycles. The third-order valence-corrected chi connectivity index (χ3v) is 7.60. The van der Waals surface area contributed by atoms with Crippen LogP contribution >= 0.6 is 0 Å². The van der Waals surface area contributed by atoms with Crippen LogP contribution in [-0.4, -0.2) is 9.97 Å². The van der Waals surface area contributed by atoms with Gasteiger partial charge in [-0.2, -0.15) is 0 Å². The molecule has 0 saturated heterocycles. The molecule has 3 rings (SSSR count). The maximum atomic E-state index is 4.62. The third kappa shape index (κ3) is 9.72. The summed E-state index contributed by atoms with van der Waals surface area (Å²) in [7, 11) is 0. The molecule has 0 radical (unpaired) electrons. The first-order valence-electron chi connectivity index (χ1n) is 14.3. The zero-order chi connectivity index (χ0) is 23.8. The van der Waals surface area contributed by atoms with E-state index in [-0.39, 0.29) is 0 Å². The fraction of sp³-hybridized carbons (Fsp3) is 0.625. The van der Waals surface area contributed by atoms with E-state index in [1.54, 1.807) is 0 Å². The van der Waals surface area contributed by atoms with Gasteiger partial charge in [0, 0.05) is 18.0 Å². The van der Waals surface area contributed by atoms with E-state index in [0.717, 1.165) is 42.5 Å². The highest BCUT2D eigenvalue weighted by atomic mass is 14.9. The Hall–Kier alpha value is -1.96. The molecule has 0 amide bonds.